The standard InChI is InChI=1S/C12H11N5O.ClH/c18-9-3-1-8(2-4-9)5-13-11-10-12(15-6-14-10)17-7-16-11;/h1-4,6-7,18H,5H2,(H2,13,14,15,16,17);1H. The van der Waals surface area contributed by atoms with Crippen molar-refractivity contribution in [2.24, 2.45) is 0 Å². The van der Waals surface area contributed by atoms with Crippen molar-refractivity contribution in [1.29, 1.82) is 0 Å². The average Bonchev–Trinajstić information content (AvgIpc) is 2.87. The number of fused-ring (bicyclic) bond motifs is 1. The molecule has 0 aliphatic carbocycles. The second-order valence-electron chi connectivity index (χ2n) is 3.90. The Bertz CT molecular complexity index is 667. The summed E-state index contributed by atoms with van der Waals surface area (Å²) >= 11 is 0. The van der Waals surface area contributed by atoms with E-state index in [0.717, 1.165) is 16.9 Å². The van der Waals surface area contributed by atoms with Gasteiger partial charge in [0.25, 0.3) is 5.65 Å². The molecule has 0 bridgehead atoms. The fourth-order valence-electron chi connectivity index (χ4n) is 1.74. The monoisotopic (exact) mass is 277 g/mol. The van der Waals surface area contributed by atoms with Crippen molar-refractivity contribution in [1.82, 2.24) is 15.0 Å². The zero-order chi connectivity index (χ0) is 12.4. The number of nitrogens with zero attached hydrogens (tertiary/aromatic N) is 2. The summed E-state index contributed by atoms with van der Waals surface area (Å²) in [4.78, 5) is 14.2. The van der Waals surface area contributed by atoms with Crippen LogP contribution in [-0.2, 0) is 6.54 Å². The molecule has 0 aliphatic rings. The molecule has 4 N–H and O–H groups in total. The van der Waals surface area contributed by atoms with Gasteiger partial charge in [0.1, 0.15) is 5.75 Å². The van der Waals surface area contributed by atoms with Crippen LogP contribution in [0.1, 0.15) is 5.56 Å². The molecule has 6 nitrogen and oxygen atoms in total. The van der Waals surface area contributed by atoms with Crippen molar-refractivity contribution < 1.29 is 22.5 Å². The van der Waals surface area contributed by atoms with Gasteiger partial charge in [-0.05, 0) is 17.7 Å². The van der Waals surface area contributed by atoms with E-state index in [9.17, 15) is 5.11 Å². The van der Waals surface area contributed by atoms with Crippen molar-refractivity contribution in [3.63, 3.8) is 0 Å². The quantitative estimate of drug-likeness (QED) is 0.522. The van der Waals surface area contributed by atoms with Crippen molar-refractivity contribution in [3.05, 3.63) is 42.5 Å². The van der Waals surface area contributed by atoms with E-state index in [4.69, 9.17) is 0 Å². The van der Waals surface area contributed by atoms with E-state index in [1.807, 2.05) is 12.1 Å². The third-order valence-corrected chi connectivity index (χ3v) is 2.67. The van der Waals surface area contributed by atoms with E-state index in [-0.39, 0.29) is 18.2 Å². The number of aromatic nitrogens is 4. The van der Waals surface area contributed by atoms with E-state index >= 15 is 0 Å². The number of rotatable bonds is 3. The maximum atomic E-state index is 9.21. The maximum Gasteiger partial charge on any atom is 0.260 e. The Morgan fingerprint density at radius 3 is 2.79 bits per heavy atom. The molecule has 0 spiro atoms. The number of nitrogens with one attached hydrogen (secondary N) is 3. The average molecular weight is 278 g/mol. The van der Waals surface area contributed by atoms with Gasteiger partial charge in [-0.1, -0.05) is 17.1 Å². The number of aromatic hydroxyl groups is 1. The molecule has 0 fully saturated rings. The summed E-state index contributed by atoms with van der Waals surface area (Å²) in [6.45, 7) is 0.648. The molecule has 0 radical (unpaired) electrons. The summed E-state index contributed by atoms with van der Waals surface area (Å²) in [6.07, 6.45) is 3.21. The van der Waals surface area contributed by atoms with Gasteiger partial charge < -0.3 is 22.5 Å². The molecule has 0 amide bonds. The van der Waals surface area contributed by atoms with Gasteiger partial charge in [0, 0.05) is 0 Å². The fourth-order valence-corrected chi connectivity index (χ4v) is 1.74. The maximum absolute atomic E-state index is 9.21. The Labute approximate surface area is 115 Å². The van der Waals surface area contributed by atoms with Crippen LogP contribution in [0.4, 0.5) is 5.82 Å². The van der Waals surface area contributed by atoms with Crippen LogP contribution in [0, 0.1) is 0 Å². The van der Waals surface area contributed by atoms with Crippen molar-refractivity contribution in [2.45, 2.75) is 6.54 Å². The lowest BCUT2D eigenvalue weighted by Gasteiger charge is -2.01. The van der Waals surface area contributed by atoms with Gasteiger partial charge in [-0.15, -0.1) is 0 Å². The van der Waals surface area contributed by atoms with Gasteiger partial charge in [-0.2, -0.15) is 0 Å². The number of halogens is 1. The van der Waals surface area contributed by atoms with Gasteiger partial charge in [0.05, 0.1) is 12.9 Å². The lowest BCUT2D eigenvalue weighted by atomic mass is 10.2. The topological polar surface area (TPSA) is 88.0 Å². The highest BCUT2D eigenvalue weighted by Crippen LogP contribution is 2.14. The van der Waals surface area contributed by atoms with Gasteiger partial charge in [0.15, 0.2) is 5.52 Å². The molecular weight excluding hydrogens is 266 g/mol. The number of phenols is 1. The largest absolute Gasteiger partial charge is 1.00 e. The third kappa shape index (κ3) is 2.74. The van der Waals surface area contributed by atoms with Crippen molar-refractivity contribution in [2.75, 3.05) is 5.32 Å². The van der Waals surface area contributed by atoms with Crippen LogP contribution in [-0.4, -0.2) is 20.1 Å². The molecule has 1 aromatic carbocycles. The van der Waals surface area contributed by atoms with Crippen LogP contribution in [0.25, 0.3) is 11.2 Å². The first kappa shape index (κ1) is 13.1. The number of phenolic OH excluding ortho intramolecular Hbond substituents is 1. The highest BCUT2D eigenvalue weighted by atomic mass is 35.5. The minimum absolute atomic E-state index is 0. The molecule has 0 unspecified atom stereocenters. The normalized spacial score (nSPS) is 10.1. The van der Waals surface area contributed by atoms with Crippen LogP contribution in [0.15, 0.2) is 36.9 Å². The SMILES string of the molecule is Oc1ccc(CNc2[nH+]cnc3nc[nH]c23)cc1.[Cl-]. The first-order valence-electron chi connectivity index (χ1n) is 5.54. The van der Waals surface area contributed by atoms with Gasteiger partial charge in [-0.25, -0.2) is 9.97 Å². The van der Waals surface area contributed by atoms with Gasteiger partial charge in [0.2, 0.25) is 12.1 Å². The molecule has 3 rings (SSSR count). The zero-order valence-electron chi connectivity index (χ0n) is 9.89. The van der Waals surface area contributed by atoms with E-state index in [1.54, 1.807) is 24.8 Å². The summed E-state index contributed by atoms with van der Waals surface area (Å²) in [7, 11) is 0. The Hall–Kier alpha value is -2.34. The molecule has 98 valence electrons. The summed E-state index contributed by atoms with van der Waals surface area (Å²) in [5, 5.41) is 12.5. The molecule has 2 heterocycles. The first-order valence-corrected chi connectivity index (χ1v) is 5.54. The minimum Gasteiger partial charge on any atom is -1.00 e. The molecule has 0 saturated carbocycles. The Balaban J connectivity index is 0.00000133. The van der Waals surface area contributed by atoms with Gasteiger partial charge >= 0.3 is 0 Å². The number of hydrogen-bond donors (Lipinski definition) is 3. The fraction of sp³-hybridized carbons (Fsp3) is 0.0833. The summed E-state index contributed by atoms with van der Waals surface area (Å²) in [6, 6.07) is 7.07. The summed E-state index contributed by atoms with van der Waals surface area (Å²) in [5.74, 6) is 1.11. The van der Waals surface area contributed by atoms with Crippen LogP contribution in [0.3, 0.4) is 0 Å². The van der Waals surface area contributed by atoms with Crippen LogP contribution in [0.5, 0.6) is 5.75 Å². The lowest BCUT2D eigenvalue weighted by Crippen LogP contribution is -3.00. The number of benzene rings is 1. The third-order valence-electron chi connectivity index (χ3n) is 2.67. The first-order chi connectivity index (χ1) is 8.83. The molecule has 7 heteroatoms. The smallest absolute Gasteiger partial charge is 0.260 e. The number of aromatic amines is 2. The Morgan fingerprint density at radius 2 is 2.00 bits per heavy atom. The number of H-pyrrole nitrogens is 2. The molecule has 3 aromatic rings. The van der Waals surface area contributed by atoms with Crippen molar-refractivity contribution in [3.8, 4) is 5.75 Å². The Kier molecular flexibility index (Phi) is 3.82. The second kappa shape index (κ2) is 5.53. The molecular formula is C12H12ClN5O. The Morgan fingerprint density at radius 1 is 1.21 bits per heavy atom. The number of hydrogen-bond acceptors (Lipinski definition) is 4. The van der Waals surface area contributed by atoms with Crippen LogP contribution in [0.2, 0.25) is 0 Å². The molecule has 0 saturated heterocycles. The predicted octanol–water partition coefficient (Wildman–Crippen LogP) is -1.91. The van der Waals surface area contributed by atoms with Gasteiger partial charge in [-0.3, -0.25) is 5.32 Å². The van der Waals surface area contributed by atoms with E-state index in [1.165, 1.54) is 0 Å². The van der Waals surface area contributed by atoms with Crippen LogP contribution < -0.4 is 22.7 Å². The van der Waals surface area contributed by atoms with Crippen molar-refractivity contribution >= 4 is 17.0 Å². The zero-order valence-corrected chi connectivity index (χ0v) is 10.6. The number of imidazole rings is 1. The molecule has 0 aliphatic heterocycles. The van der Waals surface area contributed by atoms with E-state index in [0.29, 0.717) is 12.2 Å². The highest BCUT2D eigenvalue weighted by Gasteiger charge is 2.10. The van der Waals surface area contributed by atoms with E-state index in [2.05, 4.69) is 25.3 Å². The highest BCUT2D eigenvalue weighted by molar-refractivity contribution is 5.79. The van der Waals surface area contributed by atoms with Crippen LogP contribution >= 0.6 is 0 Å². The summed E-state index contributed by atoms with van der Waals surface area (Å²) < 4.78 is 0. The molecule has 0 atom stereocenters. The van der Waals surface area contributed by atoms with E-state index < -0.39 is 0 Å². The molecule has 2 aromatic heterocycles. The summed E-state index contributed by atoms with van der Waals surface area (Å²) in [5.41, 5.74) is 2.59. The minimum atomic E-state index is 0. The second-order valence-corrected chi connectivity index (χ2v) is 3.90. The number of anilines is 1. The molecule has 19 heavy (non-hydrogen) atoms. The lowest BCUT2D eigenvalue weighted by molar-refractivity contribution is -0.364. The predicted molar refractivity (Wildman–Crippen MR) is 65.9 cm³/mol.